The lowest BCUT2D eigenvalue weighted by Gasteiger charge is -2.12. The number of hydrogen-bond donors (Lipinski definition) is 0. The van der Waals surface area contributed by atoms with Crippen LogP contribution in [0.4, 0.5) is 0 Å². The second-order valence-corrected chi connectivity index (χ2v) is 20.1. The second kappa shape index (κ2) is 27.8. The van der Waals surface area contributed by atoms with Gasteiger partial charge in [0.05, 0.1) is 54.8 Å². The first-order valence-electron chi connectivity index (χ1n) is 24.9. The second-order valence-electron chi connectivity index (χ2n) is 20.1. The molecule has 0 aliphatic carbocycles. The Morgan fingerprint density at radius 3 is 1.79 bits per heavy atom. The molecule has 21 heteroatoms. The highest BCUT2D eigenvalue weighted by atomic mass is 15.8. The van der Waals surface area contributed by atoms with Crippen LogP contribution < -0.4 is 4.80 Å². The van der Waals surface area contributed by atoms with Crippen molar-refractivity contribution in [3.05, 3.63) is 105 Å². The molecule has 10 heterocycles. The number of nitrogens with zero attached hydrogens (tertiary/aromatic N) is 21. The van der Waals surface area contributed by atoms with Crippen molar-refractivity contribution in [2.75, 3.05) is 0 Å². The highest BCUT2D eigenvalue weighted by Gasteiger charge is 2.11. The summed E-state index contributed by atoms with van der Waals surface area (Å²) in [7, 11) is 1.82. The van der Waals surface area contributed by atoms with Gasteiger partial charge in [-0.05, 0) is 94.9 Å². The van der Waals surface area contributed by atoms with Crippen molar-refractivity contribution in [1.29, 1.82) is 0 Å². The average Bonchev–Trinajstić information content (AvgIpc) is 4.22. The summed E-state index contributed by atoms with van der Waals surface area (Å²) in [5, 5.41) is 22.6. The fourth-order valence-electron chi connectivity index (χ4n) is 7.20. The third-order valence-corrected chi connectivity index (χ3v) is 10.1. The van der Waals surface area contributed by atoms with Gasteiger partial charge in [0.15, 0.2) is 22.9 Å². The average molecular weight is 983 g/mol. The first-order chi connectivity index (χ1) is 34.5. The van der Waals surface area contributed by atoms with Crippen LogP contribution in [0.5, 0.6) is 0 Å². The van der Waals surface area contributed by atoms with Gasteiger partial charge in [0.1, 0.15) is 29.8 Å². The van der Waals surface area contributed by atoms with E-state index in [9.17, 15) is 0 Å². The zero-order valence-electron chi connectivity index (χ0n) is 44.8. The first kappa shape index (κ1) is 55.5. The van der Waals surface area contributed by atoms with Gasteiger partial charge in [-0.25, -0.2) is 34.9 Å². The summed E-state index contributed by atoms with van der Waals surface area (Å²) in [6.45, 7) is 33.6. The Morgan fingerprint density at radius 1 is 0.528 bits per heavy atom. The van der Waals surface area contributed by atoms with Crippen LogP contribution in [0.25, 0.3) is 44.9 Å². The Bertz CT molecular complexity index is 2830. The molecule has 0 spiro atoms. The molecule has 0 saturated carbocycles. The Hall–Kier alpha value is -7.45. The van der Waals surface area contributed by atoms with Gasteiger partial charge >= 0.3 is 0 Å². The Balaban J connectivity index is 0.000000161. The number of hydrogen-bond acceptors (Lipinski definition) is 14. The number of aryl methyl sites for hydroxylation is 2. The molecule has 21 nitrogen and oxygen atoms in total. The van der Waals surface area contributed by atoms with Crippen molar-refractivity contribution < 1.29 is 4.80 Å². The summed E-state index contributed by atoms with van der Waals surface area (Å²) in [5.74, 6) is 5.40. The molecule has 0 bridgehead atoms. The van der Waals surface area contributed by atoms with E-state index in [0.29, 0.717) is 35.5 Å². The van der Waals surface area contributed by atoms with Crippen molar-refractivity contribution in [3.63, 3.8) is 0 Å². The van der Waals surface area contributed by atoms with Crippen LogP contribution in [0.15, 0.2) is 98.8 Å². The van der Waals surface area contributed by atoms with Crippen molar-refractivity contribution in [2.24, 2.45) is 42.6 Å². The summed E-state index contributed by atoms with van der Waals surface area (Å²) >= 11 is 0. The molecular formula is C51H76N21+. The standard InChI is InChI=1S/4C10H13N3.C6H12N4.C5H12N5/c1-8(2)6-13-7-12-9-3-4-11-5-10(9)13;1-8(2)6-13-5-3-4-9-10(13)12-7-11-9;1-8(2)6-13-7-12-10-9(13)4-3-5-11-10;1-8(2)6-13-7-12-9-4-3-5-11-10(9)13;1-5(2)4-10-8-6(3)7-9-10;1-5(2)4-10-8-6-7-9(10)3/h4*3-5,7-8H,6H2,1-2H3;2*5H,4H2,1-3H3/q;;;;;+1. The zero-order valence-corrected chi connectivity index (χ0v) is 44.8. The van der Waals surface area contributed by atoms with Crippen molar-refractivity contribution in [2.45, 2.75) is 129 Å². The Labute approximate surface area is 423 Å². The van der Waals surface area contributed by atoms with E-state index in [4.69, 9.17) is 0 Å². The molecule has 0 saturated heterocycles. The molecule has 0 aromatic carbocycles. The summed E-state index contributed by atoms with van der Waals surface area (Å²) < 4.78 is 8.53. The minimum Gasteiger partial charge on any atom is -0.331 e. The molecule has 0 fully saturated rings. The smallest absolute Gasteiger partial charge is 0.231 e. The van der Waals surface area contributed by atoms with Crippen molar-refractivity contribution in [1.82, 2.24) is 98.8 Å². The normalized spacial score (nSPS) is 11.2. The van der Waals surface area contributed by atoms with Crippen LogP contribution >= 0.6 is 0 Å². The molecule has 8 aromatic rings. The molecule has 2 aliphatic heterocycles. The van der Waals surface area contributed by atoms with Crippen LogP contribution in [0, 0.1) is 42.4 Å². The SMILES string of the molecule is CC(C)Cn1cccc2ncnc1-2.CC(C)Cn1cnc2cccnc21.CC(C)Cn1cnc2ccncc21.CC(C)Cn1cnc2ncccc21.CC(C)Cn1nnn[n+]1C.Cc1nnn(CC(C)C)n1. The lowest BCUT2D eigenvalue weighted by molar-refractivity contribution is -0.811. The van der Waals surface area contributed by atoms with Gasteiger partial charge < -0.3 is 18.3 Å². The molecule has 8 aromatic heterocycles. The lowest BCUT2D eigenvalue weighted by Crippen LogP contribution is -2.43. The van der Waals surface area contributed by atoms with Crippen LogP contribution in [-0.2, 0) is 46.3 Å². The number of tetrazole rings is 1. The van der Waals surface area contributed by atoms with E-state index in [1.807, 2.05) is 75.5 Å². The molecule has 10 rings (SSSR count). The largest absolute Gasteiger partial charge is 0.331 e. The van der Waals surface area contributed by atoms with Crippen LogP contribution in [0.3, 0.4) is 0 Å². The van der Waals surface area contributed by atoms with Gasteiger partial charge in [0.2, 0.25) is 10.4 Å². The zero-order chi connectivity index (χ0) is 52.2. The number of fused-ring (bicyclic) bond motifs is 4. The van der Waals surface area contributed by atoms with Gasteiger partial charge in [-0.1, -0.05) is 87.9 Å². The van der Waals surface area contributed by atoms with Gasteiger partial charge in [-0.2, -0.15) is 4.80 Å². The predicted molar refractivity (Wildman–Crippen MR) is 280 cm³/mol. The summed E-state index contributed by atoms with van der Waals surface area (Å²) in [6, 6.07) is 13.8. The molecule has 384 valence electrons. The van der Waals surface area contributed by atoms with Crippen molar-refractivity contribution in [3.8, 4) is 11.5 Å². The molecule has 0 radical (unpaired) electrons. The third kappa shape index (κ3) is 17.7. The number of rotatable bonds is 12. The van der Waals surface area contributed by atoms with Crippen molar-refractivity contribution >= 4 is 33.4 Å². The molecule has 2 aliphatic rings. The quantitative estimate of drug-likeness (QED) is 0.106. The maximum Gasteiger partial charge on any atom is 0.231 e. The minimum atomic E-state index is 0.577. The first-order valence-corrected chi connectivity index (χ1v) is 24.9. The molecule has 0 unspecified atom stereocenters. The van der Waals surface area contributed by atoms with Gasteiger partial charge in [0, 0.05) is 51.0 Å². The number of imidazole rings is 4. The van der Waals surface area contributed by atoms with E-state index in [-0.39, 0.29) is 0 Å². The van der Waals surface area contributed by atoms with Crippen LogP contribution in [-0.4, -0.2) is 98.8 Å². The maximum atomic E-state index is 4.29. The van der Waals surface area contributed by atoms with Crippen LogP contribution in [0.1, 0.15) is 88.9 Å². The predicted octanol–water partition coefficient (Wildman–Crippen LogP) is 8.09. The maximum absolute atomic E-state index is 4.29. The summed E-state index contributed by atoms with van der Waals surface area (Å²) in [6.07, 6.45) is 16.5. The molecular weight excluding hydrogens is 907 g/mol. The highest BCUT2D eigenvalue weighted by molar-refractivity contribution is 5.73. The topological polar surface area (TPSA) is 214 Å². The van der Waals surface area contributed by atoms with Gasteiger partial charge in [-0.15, -0.1) is 10.2 Å². The third-order valence-electron chi connectivity index (χ3n) is 10.1. The van der Waals surface area contributed by atoms with E-state index in [1.165, 1.54) is 0 Å². The van der Waals surface area contributed by atoms with Gasteiger partial charge in [0.25, 0.3) is 0 Å². The Morgan fingerprint density at radius 2 is 1.14 bits per heavy atom. The number of aromatic nitrogens is 21. The molecule has 0 amide bonds. The number of pyridine rings is 4. The lowest BCUT2D eigenvalue weighted by atomic mass is 10.2. The fraction of sp³-hybridized carbons (Fsp3) is 0.510. The van der Waals surface area contributed by atoms with E-state index in [1.54, 1.807) is 39.3 Å². The van der Waals surface area contributed by atoms with E-state index in [2.05, 4.69) is 185 Å². The summed E-state index contributed by atoms with van der Waals surface area (Å²) in [4.78, 5) is 38.7. The minimum absolute atomic E-state index is 0.577. The van der Waals surface area contributed by atoms with E-state index >= 15 is 0 Å². The molecule has 0 N–H and O–H groups in total. The van der Waals surface area contributed by atoms with Gasteiger partial charge in [-0.3, -0.25) is 4.98 Å². The van der Waals surface area contributed by atoms with E-state index in [0.717, 1.165) is 90.0 Å². The van der Waals surface area contributed by atoms with E-state index < -0.39 is 0 Å². The molecule has 0 atom stereocenters. The fourth-order valence-corrected chi connectivity index (χ4v) is 7.20. The monoisotopic (exact) mass is 983 g/mol. The Kier molecular flexibility index (Phi) is 21.4. The molecule has 72 heavy (non-hydrogen) atoms. The summed E-state index contributed by atoms with van der Waals surface area (Å²) in [5.41, 5.74) is 7.04. The van der Waals surface area contributed by atoms with Crippen LogP contribution in [0.2, 0.25) is 0 Å². The highest BCUT2D eigenvalue weighted by Crippen LogP contribution is 2.17.